The number of nitro groups is 1. The maximum absolute atomic E-state index is 13.1. The van der Waals surface area contributed by atoms with E-state index in [1.165, 1.54) is 23.9 Å². The third kappa shape index (κ3) is 6.23. The number of likely N-dealkylation sites (N-methyl/N-ethyl adjacent to an activating group) is 1. The van der Waals surface area contributed by atoms with Crippen LogP contribution in [0.15, 0.2) is 52.4 Å². The zero-order chi connectivity index (χ0) is 22.5. The smallest absolute Gasteiger partial charge is 0.288 e. The molecule has 11 heteroatoms. The average molecular weight is 496 g/mol. The fourth-order valence-corrected chi connectivity index (χ4v) is 3.98. The summed E-state index contributed by atoms with van der Waals surface area (Å²) < 4.78 is 5.17. The molecule has 2 aromatic rings. The van der Waals surface area contributed by atoms with E-state index < -0.39 is 4.92 Å². The van der Waals surface area contributed by atoms with Gasteiger partial charge in [0.15, 0.2) is 5.17 Å². The summed E-state index contributed by atoms with van der Waals surface area (Å²) in [5, 5.41) is 11.8. The Morgan fingerprint density at radius 3 is 2.53 bits per heavy atom. The Hall–Kier alpha value is -2.59. The van der Waals surface area contributed by atoms with Crippen molar-refractivity contribution in [2.75, 3.05) is 34.3 Å². The molecule has 8 nitrogen and oxygen atoms in total. The number of halogens is 2. The lowest BCUT2D eigenvalue weighted by Gasteiger charge is -2.18. The standard InChI is InChI=1S/C21H21ClN4O4S.ClH/c1-24(2)10-11-25-20(27)19(13-14-4-9-17(22)18(12-14)26(28)29)31-21(25)23-15-5-7-16(30-3)8-6-15;/h4-9,12-13H,10-11H2,1-3H3;1H/p-1/b19-13-,23-21?;. The molecule has 0 aromatic heterocycles. The Balaban J connectivity index is 0.00000363. The first-order valence-corrected chi connectivity index (χ1v) is 10.5. The number of amides is 1. The molecule has 1 aliphatic rings. The summed E-state index contributed by atoms with van der Waals surface area (Å²) in [6.45, 7) is 1.12. The molecule has 0 unspecified atom stereocenters. The number of benzene rings is 2. The minimum absolute atomic E-state index is 0. The number of nitro benzene ring substituents is 1. The van der Waals surface area contributed by atoms with Gasteiger partial charge in [-0.1, -0.05) is 17.7 Å². The lowest BCUT2D eigenvalue weighted by molar-refractivity contribution is -0.384. The van der Waals surface area contributed by atoms with Gasteiger partial charge in [-0.25, -0.2) is 4.99 Å². The number of methoxy groups -OCH3 is 1. The van der Waals surface area contributed by atoms with Crippen LogP contribution in [0, 0.1) is 10.1 Å². The van der Waals surface area contributed by atoms with Gasteiger partial charge in [-0.3, -0.25) is 19.8 Å². The van der Waals surface area contributed by atoms with Crippen LogP contribution in [0.1, 0.15) is 5.56 Å². The molecule has 1 aliphatic heterocycles. The molecular weight excluding hydrogens is 475 g/mol. The number of amidine groups is 1. The van der Waals surface area contributed by atoms with Gasteiger partial charge in [-0.15, -0.1) is 0 Å². The summed E-state index contributed by atoms with van der Waals surface area (Å²) in [5.41, 5.74) is 1.00. The highest BCUT2D eigenvalue weighted by atomic mass is 35.5. The Morgan fingerprint density at radius 2 is 1.94 bits per heavy atom. The Kier molecular flexibility index (Phi) is 9.09. The summed E-state index contributed by atoms with van der Waals surface area (Å²) in [6, 6.07) is 11.7. The highest BCUT2D eigenvalue weighted by Crippen LogP contribution is 2.35. The third-order valence-electron chi connectivity index (χ3n) is 4.42. The predicted octanol–water partition coefficient (Wildman–Crippen LogP) is 1.43. The van der Waals surface area contributed by atoms with Gasteiger partial charge >= 0.3 is 0 Å². The van der Waals surface area contributed by atoms with Gasteiger partial charge in [0.25, 0.3) is 11.6 Å². The molecule has 0 spiro atoms. The van der Waals surface area contributed by atoms with E-state index in [9.17, 15) is 14.9 Å². The highest BCUT2D eigenvalue weighted by Gasteiger charge is 2.33. The van der Waals surface area contributed by atoms with E-state index in [0.29, 0.717) is 40.2 Å². The quantitative estimate of drug-likeness (QED) is 0.328. The molecule has 1 saturated heterocycles. The summed E-state index contributed by atoms with van der Waals surface area (Å²) in [4.78, 5) is 32.3. The fourth-order valence-electron chi connectivity index (χ4n) is 2.77. The molecule has 2 aromatic carbocycles. The van der Waals surface area contributed by atoms with E-state index in [-0.39, 0.29) is 29.0 Å². The van der Waals surface area contributed by atoms with Crippen molar-refractivity contribution < 1.29 is 26.9 Å². The van der Waals surface area contributed by atoms with Gasteiger partial charge in [0.1, 0.15) is 10.8 Å². The molecule has 0 radical (unpaired) electrons. The first-order valence-electron chi connectivity index (χ1n) is 9.31. The Morgan fingerprint density at radius 1 is 1.25 bits per heavy atom. The van der Waals surface area contributed by atoms with Gasteiger partial charge in [0.2, 0.25) is 0 Å². The SMILES string of the molecule is COc1ccc(N=C2S/C(=C\c3ccc(Cl)c([N+](=O)[O-])c3)C(=O)N2CCN(C)C)cc1.[Cl-]. The van der Waals surface area contributed by atoms with Crippen LogP contribution in [0.25, 0.3) is 6.08 Å². The molecule has 0 N–H and O–H groups in total. The zero-order valence-corrected chi connectivity index (χ0v) is 19.9. The van der Waals surface area contributed by atoms with E-state index in [1.807, 2.05) is 31.1 Å². The Labute approximate surface area is 201 Å². The van der Waals surface area contributed by atoms with E-state index in [1.54, 1.807) is 36.3 Å². The van der Waals surface area contributed by atoms with Crippen molar-refractivity contribution in [2.45, 2.75) is 0 Å². The van der Waals surface area contributed by atoms with E-state index in [4.69, 9.17) is 16.3 Å². The number of rotatable bonds is 7. The molecule has 0 aliphatic carbocycles. The lowest BCUT2D eigenvalue weighted by Crippen LogP contribution is -3.00. The molecule has 0 saturated carbocycles. The highest BCUT2D eigenvalue weighted by molar-refractivity contribution is 8.18. The maximum atomic E-state index is 13.1. The maximum Gasteiger partial charge on any atom is 0.288 e. The van der Waals surface area contributed by atoms with Crippen molar-refractivity contribution in [2.24, 2.45) is 4.99 Å². The molecule has 1 amide bonds. The molecule has 0 atom stereocenters. The van der Waals surface area contributed by atoms with Crippen molar-refractivity contribution in [1.29, 1.82) is 0 Å². The van der Waals surface area contributed by atoms with Crippen LogP contribution < -0.4 is 17.1 Å². The van der Waals surface area contributed by atoms with Gasteiger partial charge in [-0.05, 0) is 67.8 Å². The summed E-state index contributed by atoms with van der Waals surface area (Å²) in [5.74, 6) is 0.519. The van der Waals surface area contributed by atoms with Crippen LogP contribution >= 0.6 is 23.4 Å². The van der Waals surface area contributed by atoms with E-state index in [2.05, 4.69) is 4.99 Å². The third-order valence-corrected chi connectivity index (χ3v) is 5.75. The second kappa shape index (κ2) is 11.3. The largest absolute Gasteiger partial charge is 1.00 e. The van der Waals surface area contributed by atoms with Crippen molar-refractivity contribution >= 4 is 51.9 Å². The summed E-state index contributed by atoms with van der Waals surface area (Å²) in [7, 11) is 5.45. The number of carbonyl (C=O) groups excluding carboxylic acids is 1. The predicted molar refractivity (Wildman–Crippen MR) is 124 cm³/mol. The van der Waals surface area contributed by atoms with Crippen LogP contribution in [0.5, 0.6) is 5.75 Å². The fraction of sp³-hybridized carbons (Fsp3) is 0.238. The average Bonchev–Trinajstić information content (AvgIpc) is 3.02. The normalized spacial score (nSPS) is 16.0. The van der Waals surface area contributed by atoms with Gasteiger partial charge in [0, 0.05) is 19.2 Å². The van der Waals surface area contributed by atoms with Gasteiger partial charge in [0.05, 0.1) is 22.6 Å². The topological polar surface area (TPSA) is 88.3 Å². The number of hydrogen-bond donors (Lipinski definition) is 0. The molecule has 170 valence electrons. The number of hydrogen-bond acceptors (Lipinski definition) is 7. The minimum Gasteiger partial charge on any atom is -1.00 e. The summed E-state index contributed by atoms with van der Waals surface area (Å²) >= 11 is 7.12. The van der Waals surface area contributed by atoms with E-state index >= 15 is 0 Å². The van der Waals surface area contributed by atoms with Crippen molar-refractivity contribution in [3.05, 3.63) is 68.1 Å². The van der Waals surface area contributed by atoms with Crippen LogP contribution in [-0.2, 0) is 4.79 Å². The number of thioether (sulfide) groups is 1. The molecule has 1 heterocycles. The minimum atomic E-state index is -0.548. The summed E-state index contributed by atoms with van der Waals surface area (Å²) in [6.07, 6.45) is 1.62. The molecule has 3 rings (SSSR count). The molecule has 1 fully saturated rings. The monoisotopic (exact) mass is 495 g/mol. The van der Waals surface area contributed by atoms with Crippen LogP contribution in [0.2, 0.25) is 5.02 Å². The molecule has 0 bridgehead atoms. The zero-order valence-electron chi connectivity index (χ0n) is 17.6. The van der Waals surface area contributed by atoms with Gasteiger partial charge < -0.3 is 22.0 Å². The first-order chi connectivity index (χ1) is 14.8. The molecular formula is C21H21Cl2N4O4S-. The number of aliphatic imine (C=N–C) groups is 1. The van der Waals surface area contributed by atoms with Gasteiger partial charge in [-0.2, -0.15) is 0 Å². The lowest BCUT2D eigenvalue weighted by atomic mass is 10.2. The second-order valence-electron chi connectivity index (χ2n) is 6.93. The van der Waals surface area contributed by atoms with Crippen LogP contribution in [-0.4, -0.2) is 60.1 Å². The van der Waals surface area contributed by atoms with E-state index in [0.717, 1.165) is 0 Å². The van der Waals surface area contributed by atoms with Crippen molar-refractivity contribution in [3.8, 4) is 5.75 Å². The van der Waals surface area contributed by atoms with Crippen LogP contribution in [0.3, 0.4) is 0 Å². The molecule has 32 heavy (non-hydrogen) atoms. The number of nitrogens with zero attached hydrogens (tertiary/aromatic N) is 4. The second-order valence-corrected chi connectivity index (χ2v) is 8.35. The first kappa shape index (κ1) is 25.7. The number of carbonyl (C=O) groups is 1. The Bertz CT molecular complexity index is 1060. The number of ether oxygens (including phenoxy) is 1. The van der Waals surface area contributed by atoms with Crippen molar-refractivity contribution in [1.82, 2.24) is 9.80 Å². The van der Waals surface area contributed by atoms with Crippen LogP contribution in [0.4, 0.5) is 11.4 Å². The van der Waals surface area contributed by atoms with Crippen molar-refractivity contribution in [3.63, 3.8) is 0 Å².